The second-order valence-electron chi connectivity index (χ2n) is 5.80. The molecule has 3 rings (SSSR count). The lowest BCUT2D eigenvalue weighted by molar-refractivity contribution is -0.116. The number of rotatable bonds is 7. The summed E-state index contributed by atoms with van der Waals surface area (Å²) in [6, 6.07) is 13.1. The molecule has 0 saturated carbocycles. The standard InChI is InChI=1S/C20H18N4O4/c25-18(8-11-22-20(27)17-5-2-12-28-17)23-16-4-1-3-14(13-16)19(26)24-15-6-9-21-10-7-15/h1-7,9-10,12-13H,8,11H2,(H,22,27)(H,23,25)(H,21,24,26). The van der Waals surface area contributed by atoms with Gasteiger partial charge in [0.15, 0.2) is 5.76 Å². The molecule has 8 heteroatoms. The number of pyridine rings is 1. The van der Waals surface area contributed by atoms with Crippen LogP contribution in [0.3, 0.4) is 0 Å². The van der Waals surface area contributed by atoms with Gasteiger partial charge in [0.05, 0.1) is 6.26 Å². The molecule has 0 spiro atoms. The Morgan fingerprint density at radius 1 is 0.893 bits per heavy atom. The zero-order valence-corrected chi connectivity index (χ0v) is 14.8. The largest absolute Gasteiger partial charge is 0.459 e. The van der Waals surface area contributed by atoms with Gasteiger partial charge in [-0.3, -0.25) is 19.4 Å². The summed E-state index contributed by atoms with van der Waals surface area (Å²) in [5, 5.41) is 8.05. The van der Waals surface area contributed by atoms with Crippen molar-refractivity contribution < 1.29 is 18.8 Å². The lowest BCUT2D eigenvalue weighted by Crippen LogP contribution is -2.27. The second-order valence-corrected chi connectivity index (χ2v) is 5.80. The molecule has 0 aliphatic carbocycles. The Kier molecular flexibility index (Phi) is 6.14. The fourth-order valence-electron chi connectivity index (χ4n) is 2.38. The Morgan fingerprint density at radius 3 is 2.46 bits per heavy atom. The van der Waals surface area contributed by atoms with Gasteiger partial charge < -0.3 is 20.4 Å². The highest BCUT2D eigenvalue weighted by molar-refractivity contribution is 6.05. The highest BCUT2D eigenvalue weighted by Gasteiger charge is 2.10. The van der Waals surface area contributed by atoms with Crippen LogP contribution >= 0.6 is 0 Å². The highest BCUT2D eigenvalue weighted by Crippen LogP contribution is 2.13. The fraction of sp³-hybridized carbons (Fsp3) is 0.100. The maximum atomic E-state index is 12.3. The third kappa shape index (κ3) is 5.28. The zero-order valence-electron chi connectivity index (χ0n) is 14.8. The third-order valence-corrected chi connectivity index (χ3v) is 3.73. The number of furan rings is 1. The van der Waals surface area contributed by atoms with E-state index in [4.69, 9.17) is 4.42 Å². The molecule has 2 heterocycles. The van der Waals surface area contributed by atoms with Crippen LogP contribution in [0.15, 0.2) is 71.6 Å². The summed E-state index contributed by atoms with van der Waals surface area (Å²) in [6.45, 7) is 0.160. The van der Waals surface area contributed by atoms with Crippen LogP contribution in [-0.4, -0.2) is 29.3 Å². The number of nitrogens with zero attached hydrogens (tertiary/aromatic N) is 1. The van der Waals surface area contributed by atoms with Gasteiger partial charge in [0, 0.05) is 42.3 Å². The first kappa shape index (κ1) is 18.8. The van der Waals surface area contributed by atoms with Crippen molar-refractivity contribution >= 4 is 29.1 Å². The van der Waals surface area contributed by atoms with E-state index in [-0.39, 0.29) is 36.4 Å². The van der Waals surface area contributed by atoms with Crippen LogP contribution in [0.25, 0.3) is 0 Å². The van der Waals surface area contributed by atoms with Gasteiger partial charge in [-0.1, -0.05) is 6.07 Å². The van der Waals surface area contributed by atoms with Gasteiger partial charge in [0.1, 0.15) is 0 Å². The minimum absolute atomic E-state index is 0.0832. The van der Waals surface area contributed by atoms with Crippen LogP contribution in [0.1, 0.15) is 27.3 Å². The molecule has 3 aromatic rings. The first-order valence-electron chi connectivity index (χ1n) is 8.55. The molecule has 0 fully saturated rings. The van der Waals surface area contributed by atoms with E-state index in [9.17, 15) is 14.4 Å². The number of nitrogens with one attached hydrogen (secondary N) is 3. The average molecular weight is 378 g/mol. The van der Waals surface area contributed by atoms with Crippen molar-refractivity contribution in [1.82, 2.24) is 10.3 Å². The number of anilines is 2. The molecule has 0 saturated heterocycles. The summed E-state index contributed by atoms with van der Waals surface area (Å²) >= 11 is 0. The molecular weight excluding hydrogens is 360 g/mol. The maximum Gasteiger partial charge on any atom is 0.286 e. The van der Waals surface area contributed by atoms with Crippen molar-refractivity contribution in [1.29, 1.82) is 0 Å². The lowest BCUT2D eigenvalue weighted by Gasteiger charge is -2.09. The van der Waals surface area contributed by atoms with Gasteiger partial charge >= 0.3 is 0 Å². The van der Waals surface area contributed by atoms with E-state index in [2.05, 4.69) is 20.9 Å². The van der Waals surface area contributed by atoms with Crippen molar-refractivity contribution in [2.75, 3.05) is 17.2 Å². The molecule has 2 aromatic heterocycles. The van der Waals surface area contributed by atoms with Crippen molar-refractivity contribution in [3.05, 3.63) is 78.5 Å². The molecule has 3 N–H and O–H groups in total. The summed E-state index contributed by atoms with van der Waals surface area (Å²) in [5.74, 6) is -0.777. The first-order chi connectivity index (χ1) is 13.6. The second kappa shape index (κ2) is 9.13. The molecule has 0 aliphatic heterocycles. The number of aromatic nitrogens is 1. The number of hydrogen-bond acceptors (Lipinski definition) is 5. The van der Waals surface area contributed by atoms with E-state index in [0.717, 1.165) is 0 Å². The van der Waals surface area contributed by atoms with Crippen LogP contribution in [0.5, 0.6) is 0 Å². The predicted octanol–water partition coefficient (Wildman–Crippen LogP) is 2.69. The van der Waals surface area contributed by atoms with Gasteiger partial charge in [-0.15, -0.1) is 0 Å². The van der Waals surface area contributed by atoms with Crippen molar-refractivity contribution in [3.8, 4) is 0 Å². The van der Waals surface area contributed by atoms with E-state index >= 15 is 0 Å². The molecule has 0 aliphatic rings. The Bertz CT molecular complexity index is 955. The summed E-state index contributed by atoms with van der Waals surface area (Å²) in [4.78, 5) is 40.0. The zero-order chi connectivity index (χ0) is 19.8. The summed E-state index contributed by atoms with van der Waals surface area (Å²) < 4.78 is 4.97. The normalized spacial score (nSPS) is 10.1. The number of carbonyl (C=O) groups excluding carboxylic acids is 3. The van der Waals surface area contributed by atoms with Crippen LogP contribution in [0, 0.1) is 0 Å². The van der Waals surface area contributed by atoms with Crippen molar-refractivity contribution in [3.63, 3.8) is 0 Å². The van der Waals surface area contributed by atoms with Crippen LogP contribution < -0.4 is 16.0 Å². The summed E-state index contributed by atoms with van der Waals surface area (Å²) in [5.41, 5.74) is 1.52. The molecule has 1 aromatic carbocycles. The smallest absolute Gasteiger partial charge is 0.286 e. The molecule has 0 radical (unpaired) electrons. The Labute approximate surface area is 161 Å². The molecule has 0 bridgehead atoms. The van der Waals surface area contributed by atoms with E-state index in [1.165, 1.54) is 12.3 Å². The first-order valence-corrected chi connectivity index (χ1v) is 8.55. The molecule has 142 valence electrons. The van der Waals surface area contributed by atoms with Crippen molar-refractivity contribution in [2.45, 2.75) is 6.42 Å². The number of benzene rings is 1. The SMILES string of the molecule is O=C(CCNC(=O)c1ccco1)Nc1cccc(C(=O)Nc2ccncc2)c1. The maximum absolute atomic E-state index is 12.3. The Hall–Kier alpha value is -3.94. The van der Waals surface area contributed by atoms with E-state index in [1.807, 2.05) is 0 Å². The average Bonchev–Trinajstić information content (AvgIpc) is 3.24. The quantitative estimate of drug-likeness (QED) is 0.585. The third-order valence-electron chi connectivity index (χ3n) is 3.73. The number of amides is 3. The molecular formula is C20H18N4O4. The van der Waals surface area contributed by atoms with Crippen LogP contribution in [0.2, 0.25) is 0 Å². The molecule has 28 heavy (non-hydrogen) atoms. The Morgan fingerprint density at radius 2 is 1.71 bits per heavy atom. The minimum Gasteiger partial charge on any atom is -0.459 e. The van der Waals surface area contributed by atoms with Gasteiger partial charge in [0.25, 0.3) is 11.8 Å². The summed E-state index contributed by atoms with van der Waals surface area (Å²) in [6.07, 6.45) is 4.65. The van der Waals surface area contributed by atoms with Gasteiger partial charge in [-0.05, 0) is 42.5 Å². The molecule has 0 unspecified atom stereocenters. The van der Waals surface area contributed by atoms with Crippen molar-refractivity contribution in [2.24, 2.45) is 0 Å². The van der Waals surface area contributed by atoms with Gasteiger partial charge in [-0.25, -0.2) is 0 Å². The molecule has 8 nitrogen and oxygen atoms in total. The monoisotopic (exact) mass is 378 g/mol. The summed E-state index contributed by atoms with van der Waals surface area (Å²) in [7, 11) is 0. The molecule has 3 amide bonds. The Balaban J connectivity index is 1.50. The van der Waals surface area contributed by atoms with Crippen LogP contribution in [-0.2, 0) is 4.79 Å². The van der Waals surface area contributed by atoms with Gasteiger partial charge in [0.2, 0.25) is 5.91 Å². The van der Waals surface area contributed by atoms with Crippen LogP contribution in [0.4, 0.5) is 11.4 Å². The van der Waals surface area contributed by atoms with E-state index in [1.54, 1.807) is 54.9 Å². The molecule has 0 atom stereocenters. The fourth-order valence-corrected chi connectivity index (χ4v) is 2.38. The topological polar surface area (TPSA) is 113 Å². The number of hydrogen-bond donors (Lipinski definition) is 3. The van der Waals surface area contributed by atoms with Gasteiger partial charge in [-0.2, -0.15) is 0 Å². The van der Waals surface area contributed by atoms with E-state index < -0.39 is 0 Å². The lowest BCUT2D eigenvalue weighted by atomic mass is 10.2. The number of carbonyl (C=O) groups is 3. The predicted molar refractivity (Wildman–Crippen MR) is 103 cm³/mol. The highest BCUT2D eigenvalue weighted by atomic mass is 16.3. The van der Waals surface area contributed by atoms with E-state index in [0.29, 0.717) is 16.9 Å². The minimum atomic E-state index is -0.382.